The van der Waals surface area contributed by atoms with E-state index >= 15 is 0 Å². The van der Waals surface area contributed by atoms with E-state index in [0.717, 1.165) is 27.7 Å². The lowest BCUT2D eigenvalue weighted by atomic mass is 10.2. The van der Waals surface area contributed by atoms with Crippen LogP contribution in [0.15, 0.2) is 115 Å². The maximum Gasteiger partial charge on any atom is 0.356 e. The highest BCUT2D eigenvalue weighted by Gasteiger charge is 2.48. The van der Waals surface area contributed by atoms with E-state index in [1.54, 1.807) is 0 Å². The summed E-state index contributed by atoms with van der Waals surface area (Å²) in [6, 6.07) is 33.9. The molecule has 0 saturated carbocycles. The zero-order chi connectivity index (χ0) is 32.7. The number of ether oxygens (including phenoxy) is 2. The molecule has 1 heterocycles. The highest BCUT2D eigenvalue weighted by atomic mass is 32.2. The number of amides is 1. The second-order valence-corrected chi connectivity index (χ2v) is 14.7. The van der Waals surface area contributed by atoms with Crippen LogP contribution in [-0.4, -0.2) is 50.2 Å². The first kappa shape index (κ1) is 32.4. The Morgan fingerprint density at radius 2 is 1.33 bits per heavy atom. The first-order valence-electron chi connectivity index (χ1n) is 14.2. The number of non-ortho nitro benzene ring substituents is 1. The molecule has 4 aromatic rings. The van der Waals surface area contributed by atoms with Gasteiger partial charge < -0.3 is 9.47 Å². The zero-order valence-corrected chi connectivity index (χ0v) is 26.4. The van der Waals surface area contributed by atoms with Gasteiger partial charge in [0, 0.05) is 25.9 Å². The second-order valence-electron chi connectivity index (χ2n) is 10.2. The van der Waals surface area contributed by atoms with E-state index in [2.05, 4.69) is 0 Å². The van der Waals surface area contributed by atoms with Crippen LogP contribution in [0.2, 0.25) is 0 Å². The molecular weight excluding hydrogens is 627 g/mol. The molecule has 0 aliphatic carbocycles. The lowest BCUT2D eigenvalue weighted by Gasteiger charge is -2.44. The smallest absolute Gasteiger partial charge is 0.356 e. The third kappa shape index (κ3) is 6.80. The molecule has 1 aliphatic heterocycles. The van der Waals surface area contributed by atoms with Crippen molar-refractivity contribution in [3.63, 3.8) is 0 Å². The van der Waals surface area contributed by atoms with E-state index in [9.17, 15) is 29.3 Å². The monoisotopic (exact) mass is 656 g/mol. The molecule has 234 valence electrons. The van der Waals surface area contributed by atoms with Crippen LogP contribution in [0.5, 0.6) is 0 Å². The van der Waals surface area contributed by atoms with Crippen LogP contribution in [0.4, 0.5) is 5.69 Å². The zero-order valence-electron chi connectivity index (χ0n) is 24.7. The number of nitro groups is 1. The summed E-state index contributed by atoms with van der Waals surface area (Å²) in [6.07, 6.45) is -0.0199. The highest BCUT2D eigenvalue weighted by Crippen LogP contribution is 2.49. The quantitative estimate of drug-likeness (QED) is 0.0768. The van der Waals surface area contributed by atoms with Gasteiger partial charge in [-0.25, -0.2) is 4.79 Å². The van der Waals surface area contributed by atoms with E-state index in [-0.39, 0.29) is 30.0 Å². The molecule has 1 saturated heterocycles. The standard InChI is InChI=1S/C34H29N2O8PS/c1-24(37)43-23-32(39)46-31-21-30(38)35(31)33(34(40)44-22-25-17-19-26(20-18-25)36(41)42)45(27-11-5-2-6-12-27,28-13-7-3-8-14-28)29-15-9-4-10-16-29/h2-20,31H,21-23H2,1H3/t31-/m0/s1. The third-order valence-corrected chi connectivity index (χ3v) is 12.5. The number of nitrogens with zero attached hydrogens (tertiary/aromatic N) is 2. The molecule has 12 heteroatoms. The Bertz CT molecular complexity index is 1710. The van der Waals surface area contributed by atoms with E-state index in [1.165, 1.54) is 36.1 Å². The Kier molecular flexibility index (Phi) is 10.1. The largest absolute Gasteiger partial charge is 0.457 e. The molecule has 4 aromatic carbocycles. The Balaban J connectivity index is 1.73. The minimum Gasteiger partial charge on any atom is -0.457 e. The summed E-state index contributed by atoms with van der Waals surface area (Å²) in [6.45, 7) is -2.68. The molecule has 0 aromatic heterocycles. The molecule has 1 atom stereocenters. The summed E-state index contributed by atoms with van der Waals surface area (Å²) >= 11 is 0.821. The van der Waals surface area contributed by atoms with Crippen LogP contribution >= 0.6 is 18.6 Å². The predicted octanol–water partition coefficient (Wildman–Crippen LogP) is 4.14. The minimum atomic E-state index is -3.18. The van der Waals surface area contributed by atoms with Crippen LogP contribution < -0.4 is 15.9 Å². The summed E-state index contributed by atoms with van der Waals surface area (Å²) in [5, 5.41) is 12.3. The lowest BCUT2D eigenvalue weighted by Crippen LogP contribution is -2.58. The molecular formula is C34H29N2O8PS. The normalized spacial score (nSPS) is 14.2. The van der Waals surface area contributed by atoms with E-state index in [1.807, 2.05) is 91.0 Å². The van der Waals surface area contributed by atoms with Gasteiger partial charge >= 0.3 is 11.9 Å². The van der Waals surface area contributed by atoms with Crippen LogP contribution in [0.25, 0.3) is 0 Å². The molecule has 0 spiro atoms. The first-order chi connectivity index (χ1) is 22.2. The number of rotatable bonds is 11. The number of esters is 2. The molecule has 1 aliphatic rings. The highest BCUT2D eigenvalue weighted by molar-refractivity contribution is 8.14. The molecule has 0 bridgehead atoms. The van der Waals surface area contributed by atoms with Gasteiger partial charge in [0.15, 0.2) is 6.61 Å². The topological polar surface area (TPSA) is 133 Å². The van der Waals surface area contributed by atoms with Gasteiger partial charge in [-0.1, -0.05) is 103 Å². The van der Waals surface area contributed by atoms with Crippen molar-refractivity contribution in [2.75, 3.05) is 6.61 Å². The Hall–Kier alpha value is -4.99. The molecule has 1 amide bonds. The average Bonchev–Trinajstić information content (AvgIpc) is 3.07. The number of thioether (sulfide) groups is 1. The molecule has 0 radical (unpaired) electrons. The van der Waals surface area contributed by atoms with Crippen LogP contribution in [0.1, 0.15) is 18.9 Å². The maximum atomic E-state index is 14.6. The number of nitro benzene ring substituents is 1. The lowest BCUT2D eigenvalue weighted by molar-refractivity contribution is -0.384. The van der Waals surface area contributed by atoms with Gasteiger partial charge in [-0.3, -0.25) is 29.4 Å². The van der Waals surface area contributed by atoms with Gasteiger partial charge in [0.25, 0.3) is 5.69 Å². The number of carbonyl (C=O) groups is 4. The molecule has 1 fully saturated rings. The van der Waals surface area contributed by atoms with Gasteiger partial charge in [-0.15, -0.1) is 0 Å². The van der Waals surface area contributed by atoms with Gasteiger partial charge in [0.1, 0.15) is 12.0 Å². The number of carbonyl (C=O) groups excluding carboxylic acids is 4. The van der Waals surface area contributed by atoms with Gasteiger partial charge in [-0.05, 0) is 33.6 Å². The van der Waals surface area contributed by atoms with Crippen molar-refractivity contribution < 1.29 is 33.6 Å². The van der Waals surface area contributed by atoms with Gasteiger partial charge in [0.05, 0.1) is 16.7 Å². The predicted molar refractivity (Wildman–Crippen MR) is 178 cm³/mol. The third-order valence-electron chi connectivity index (χ3n) is 7.24. The fourth-order valence-electron chi connectivity index (χ4n) is 5.18. The minimum absolute atomic E-state index is 0.0199. The Morgan fingerprint density at radius 1 is 0.826 bits per heavy atom. The van der Waals surface area contributed by atoms with Crippen molar-refractivity contribution in [3.05, 3.63) is 131 Å². The molecule has 46 heavy (non-hydrogen) atoms. The number of hydrogen-bond acceptors (Lipinski definition) is 9. The molecule has 5 rings (SSSR count). The van der Waals surface area contributed by atoms with Gasteiger partial charge in [-0.2, -0.15) is 0 Å². The van der Waals surface area contributed by atoms with E-state index in [4.69, 9.17) is 9.47 Å². The Morgan fingerprint density at radius 3 is 1.76 bits per heavy atom. The van der Waals surface area contributed by atoms with Crippen molar-refractivity contribution in [3.8, 4) is 0 Å². The second kappa shape index (κ2) is 14.4. The SMILES string of the molecule is CC(=O)OCC(=O)S[C@H]1CC(=O)N1C(C(=O)OCc1ccc([N+](=O)[O-])cc1)=P(c1ccccc1)(c1ccccc1)c1ccccc1. The summed E-state index contributed by atoms with van der Waals surface area (Å²) in [5.41, 5.74) is 0.500. The summed E-state index contributed by atoms with van der Waals surface area (Å²) in [4.78, 5) is 64.3. The van der Waals surface area contributed by atoms with Crippen molar-refractivity contribution in [2.24, 2.45) is 0 Å². The molecule has 0 N–H and O–H groups in total. The van der Waals surface area contributed by atoms with E-state index < -0.39 is 40.8 Å². The number of β-lactam (4-membered cyclic amide) rings is 1. The number of hydrogen-bond donors (Lipinski definition) is 0. The van der Waals surface area contributed by atoms with Crippen molar-refractivity contribution in [2.45, 2.75) is 25.3 Å². The van der Waals surface area contributed by atoms with Crippen LogP contribution in [0, 0.1) is 10.1 Å². The summed E-state index contributed by atoms with van der Waals surface area (Å²) in [5.74, 6) is -1.75. The summed E-state index contributed by atoms with van der Waals surface area (Å²) in [7, 11) is 0. The fourth-order valence-corrected chi connectivity index (χ4v) is 10.6. The number of likely N-dealkylation sites (tertiary alicyclic amines) is 1. The van der Waals surface area contributed by atoms with Gasteiger partial charge in [0.2, 0.25) is 11.0 Å². The summed E-state index contributed by atoms with van der Waals surface area (Å²) < 4.78 is 10.8. The van der Waals surface area contributed by atoms with Crippen molar-refractivity contribution in [1.82, 2.24) is 4.90 Å². The van der Waals surface area contributed by atoms with Crippen molar-refractivity contribution in [1.29, 1.82) is 0 Å². The maximum absolute atomic E-state index is 14.6. The van der Waals surface area contributed by atoms with Crippen molar-refractivity contribution >= 4 is 68.6 Å². The molecule has 0 unspecified atom stereocenters. The number of benzene rings is 4. The fraction of sp³-hybridized carbons (Fsp3) is 0.147. The Labute approximate surface area is 269 Å². The van der Waals surface area contributed by atoms with Crippen LogP contribution in [-0.2, 0) is 35.3 Å². The van der Waals surface area contributed by atoms with E-state index in [0.29, 0.717) is 5.56 Å². The average molecular weight is 657 g/mol. The van der Waals surface area contributed by atoms with Crippen LogP contribution in [0.3, 0.4) is 0 Å². The molecule has 10 nitrogen and oxygen atoms in total. The first-order valence-corrected chi connectivity index (χ1v) is 16.9.